The number of aliphatic hydroxyl groups excluding tert-OH is 2. The first kappa shape index (κ1) is 25.4. The molecule has 3 aliphatic carbocycles. The van der Waals surface area contributed by atoms with E-state index in [0.29, 0.717) is 5.56 Å². The Labute approximate surface area is 222 Å². The minimum absolute atomic E-state index is 0.0196. The Bertz CT molecular complexity index is 1450. The molecule has 0 aliphatic heterocycles. The van der Waals surface area contributed by atoms with Crippen molar-refractivity contribution in [1.82, 2.24) is 0 Å². The van der Waals surface area contributed by atoms with Crippen LogP contribution in [0.1, 0.15) is 43.1 Å². The standard InChI is InChI=1S/C29H27BrO7/c1-12(2)21-19-11-15-10-18-17(14-5-4-6-16(30)9-14)7-8-20(32)24(18)26(34)23(15)28(36)29(19,37)27(35)22(13(3)31)25(21)33/h4-9,12,15,19,21,32-33,36-37H,10-11H2,1-3H3/t15-,19-,21?,29+/m1/s1. The second-order valence-electron chi connectivity index (χ2n) is 10.5. The van der Waals surface area contributed by atoms with Gasteiger partial charge in [0.25, 0.3) is 0 Å². The Hall–Kier alpha value is -3.23. The molecule has 4 atom stereocenters. The second kappa shape index (κ2) is 8.67. The number of aliphatic hydroxyl groups is 3. The first-order valence-electron chi connectivity index (χ1n) is 12.2. The summed E-state index contributed by atoms with van der Waals surface area (Å²) < 4.78 is 0.846. The predicted octanol–water partition coefficient (Wildman–Crippen LogP) is 5.00. The lowest BCUT2D eigenvalue weighted by atomic mass is 9.55. The van der Waals surface area contributed by atoms with Crippen molar-refractivity contribution in [3.05, 3.63) is 74.7 Å². The molecule has 0 bridgehead atoms. The van der Waals surface area contributed by atoms with Gasteiger partial charge in [0.2, 0.25) is 5.78 Å². The van der Waals surface area contributed by atoms with Crippen molar-refractivity contribution in [2.24, 2.45) is 23.7 Å². The van der Waals surface area contributed by atoms with E-state index in [4.69, 9.17) is 0 Å². The van der Waals surface area contributed by atoms with E-state index in [1.807, 2.05) is 24.3 Å². The van der Waals surface area contributed by atoms with Gasteiger partial charge in [-0.1, -0.05) is 48.0 Å². The third kappa shape index (κ3) is 3.53. The summed E-state index contributed by atoms with van der Waals surface area (Å²) >= 11 is 3.47. The molecular formula is C29H27BrO7. The fraction of sp³-hybridized carbons (Fsp3) is 0.345. The number of aromatic hydroxyl groups is 1. The number of hydrogen-bond donors (Lipinski definition) is 4. The van der Waals surface area contributed by atoms with E-state index in [9.17, 15) is 34.8 Å². The molecule has 0 radical (unpaired) electrons. The van der Waals surface area contributed by atoms with Gasteiger partial charge >= 0.3 is 0 Å². The number of rotatable bonds is 3. The van der Waals surface area contributed by atoms with Crippen LogP contribution < -0.4 is 0 Å². The van der Waals surface area contributed by atoms with Gasteiger partial charge in [-0.25, -0.2) is 0 Å². The van der Waals surface area contributed by atoms with Crippen molar-refractivity contribution in [2.45, 2.75) is 39.2 Å². The van der Waals surface area contributed by atoms with Crippen molar-refractivity contribution in [2.75, 3.05) is 0 Å². The SMILES string of the molecule is CC(=O)C1=C(O)C(C(C)C)[C@H]2C[C@H]3Cc4c(-c5cccc(Br)c5)ccc(O)c4C(=O)C3=C(O)[C@@]2(O)C1=O. The molecule has 1 unspecified atom stereocenters. The molecule has 7 nitrogen and oxygen atoms in total. The fourth-order valence-corrected chi connectivity index (χ4v) is 6.92. The number of fused-ring (bicyclic) bond motifs is 3. The molecule has 192 valence electrons. The maximum Gasteiger partial charge on any atom is 0.209 e. The van der Waals surface area contributed by atoms with Crippen molar-refractivity contribution in [1.29, 1.82) is 0 Å². The number of hydrogen-bond acceptors (Lipinski definition) is 7. The summed E-state index contributed by atoms with van der Waals surface area (Å²) in [5, 5.41) is 44.8. The molecule has 0 heterocycles. The van der Waals surface area contributed by atoms with Gasteiger partial charge in [-0.3, -0.25) is 14.4 Å². The van der Waals surface area contributed by atoms with Crippen LogP contribution in [-0.4, -0.2) is 43.4 Å². The second-order valence-corrected chi connectivity index (χ2v) is 11.4. The third-order valence-electron chi connectivity index (χ3n) is 8.10. The number of phenolic OH excluding ortho intramolecular Hbond substituents is 1. The Morgan fingerprint density at radius 1 is 1.11 bits per heavy atom. The van der Waals surface area contributed by atoms with E-state index in [-0.39, 0.29) is 41.4 Å². The van der Waals surface area contributed by atoms with Crippen LogP contribution >= 0.6 is 15.9 Å². The van der Waals surface area contributed by atoms with Crippen LogP contribution in [0, 0.1) is 23.7 Å². The smallest absolute Gasteiger partial charge is 0.209 e. The first-order valence-corrected chi connectivity index (χ1v) is 13.0. The monoisotopic (exact) mass is 566 g/mol. The number of phenols is 1. The van der Waals surface area contributed by atoms with E-state index >= 15 is 0 Å². The van der Waals surface area contributed by atoms with Crippen molar-refractivity contribution in [3.63, 3.8) is 0 Å². The molecule has 5 rings (SSSR count). The molecule has 37 heavy (non-hydrogen) atoms. The van der Waals surface area contributed by atoms with Crippen LogP contribution in [0.4, 0.5) is 0 Å². The summed E-state index contributed by atoms with van der Waals surface area (Å²) in [4.78, 5) is 39.6. The van der Waals surface area contributed by atoms with Gasteiger partial charge in [0, 0.05) is 21.9 Å². The lowest BCUT2D eigenvalue weighted by Gasteiger charge is -2.50. The van der Waals surface area contributed by atoms with Crippen LogP contribution in [0.25, 0.3) is 11.1 Å². The molecular weight excluding hydrogens is 540 g/mol. The van der Waals surface area contributed by atoms with E-state index in [2.05, 4.69) is 15.9 Å². The Kier molecular flexibility index (Phi) is 5.96. The normalized spacial score (nSPS) is 27.2. The highest BCUT2D eigenvalue weighted by molar-refractivity contribution is 9.10. The van der Waals surface area contributed by atoms with Crippen LogP contribution in [0.15, 0.2) is 63.5 Å². The number of carbonyl (C=O) groups is 3. The molecule has 0 spiro atoms. The van der Waals surface area contributed by atoms with Crippen molar-refractivity contribution in [3.8, 4) is 16.9 Å². The lowest BCUT2D eigenvalue weighted by Crippen LogP contribution is -2.60. The van der Waals surface area contributed by atoms with Crippen molar-refractivity contribution >= 4 is 33.3 Å². The summed E-state index contributed by atoms with van der Waals surface area (Å²) in [6.07, 6.45) is 0.394. The van der Waals surface area contributed by atoms with Gasteiger partial charge in [0.1, 0.15) is 22.8 Å². The van der Waals surface area contributed by atoms with Crippen LogP contribution in [0.5, 0.6) is 5.75 Å². The third-order valence-corrected chi connectivity index (χ3v) is 8.59. The number of carbonyl (C=O) groups excluding carboxylic acids is 3. The molecule has 3 aliphatic rings. The zero-order valence-electron chi connectivity index (χ0n) is 20.6. The maximum absolute atomic E-state index is 13.8. The minimum atomic E-state index is -2.53. The van der Waals surface area contributed by atoms with Gasteiger partial charge in [0.15, 0.2) is 17.2 Å². The highest BCUT2D eigenvalue weighted by Gasteiger charge is 2.62. The molecule has 2 aromatic rings. The summed E-state index contributed by atoms with van der Waals surface area (Å²) in [7, 11) is 0. The number of allylic oxidation sites excluding steroid dienone is 2. The first-order chi connectivity index (χ1) is 17.4. The molecule has 0 saturated carbocycles. The van der Waals surface area contributed by atoms with Gasteiger partial charge in [0.05, 0.1) is 5.56 Å². The Balaban J connectivity index is 1.73. The average Bonchev–Trinajstić information content (AvgIpc) is 2.81. The molecule has 0 fully saturated rings. The Morgan fingerprint density at radius 2 is 1.81 bits per heavy atom. The molecule has 0 amide bonds. The molecule has 0 saturated heterocycles. The minimum Gasteiger partial charge on any atom is -0.511 e. The van der Waals surface area contributed by atoms with E-state index in [0.717, 1.165) is 22.5 Å². The zero-order valence-corrected chi connectivity index (χ0v) is 22.2. The summed E-state index contributed by atoms with van der Waals surface area (Å²) in [6, 6.07) is 10.7. The van der Waals surface area contributed by atoms with Crippen LogP contribution in [0.3, 0.4) is 0 Å². The van der Waals surface area contributed by atoms with Gasteiger partial charge in [-0.2, -0.15) is 0 Å². The zero-order chi connectivity index (χ0) is 27.0. The lowest BCUT2D eigenvalue weighted by molar-refractivity contribution is -0.149. The highest BCUT2D eigenvalue weighted by Crippen LogP contribution is 2.55. The number of halogens is 1. The van der Waals surface area contributed by atoms with Crippen LogP contribution in [0.2, 0.25) is 0 Å². The van der Waals surface area contributed by atoms with Gasteiger partial charge < -0.3 is 20.4 Å². The molecule has 0 aromatic heterocycles. The molecule has 2 aromatic carbocycles. The summed E-state index contributed by atoms with van der Waals surface area (Å²) in [6.45, 7) is 4.72. The number of ketones is 3. The molecule has 4 N–H and O–H groups in total. The summed E-state index contributed by atoms with van der Waals surface area (Å²) in [5.74, 6) is -6.50. The fourth-order valence-electron chi connectivity index (χ4n) is 6.52. The van der Waals surface area contributed by atoms with Crippen molar-refractivity contribution < 1.29 is 34.8 Å². The van der Waals surface area contributed by atoms with Gasteiger partial charge in [-0.15, -0.1) is 0 Å². The number of Topliss-reactive ketones (excluding diaryl/α,β-unsaturated/α-hetero) is 3. The Morgan fingerprint density at radius 3 is 2.43 bits per heavy atom. The number of benzene rings is 2. The van der Waals surface area contributed by atoms with E-state index in [1.165, 1.54) is 6.07 Å². The van der Waals surface area contributed by atoms with E-state index < -0.39 is 52.0 Å². The van der Waals surface area contributed by atoms with Gasteiger partial charge in [-0.05, 0) is 66.5 Å². The predicted molar refractivity (Wildman–Crippen MR) is 139 cm³/mol. The maximum atomic E-state index is 13.8. The quantitative estimate of drug-likeness (QED) is 0.384. The van der Waals surface area contributed by atoms with Crippen LogP contribution in [-0.2, 0) is 16.0 Å². The summed E-state index contributed by atoms with van der Waals surface area (Å²) in [5.41, 5.74) is -0.989. The highest BCUT2D eigenvalue weighted by atomic mass is 79.9. The van der Waals surface area contributed by atoms with E-state index in [1.54, 1.807) is 19.9 Å². The largest absolute Gasteiger partial charge is 0.511 e. The molecule has 8 heteroatoms. The average molecular weight is 567 g/mol. The topological polar surface area (TPSA) is 132 Å².